The molecule has 0 N–H and O–H groups in total. The zero-order chi connectivity index (χ0) is 17.1. The minimum Gasteiger partial charge on any atom is -0.338 e. The number of hydrogen-bond acceptors (Lipinski definition) is 5. The van der Waals surface area contributed by atoms with Crippen molar-refractivity contribution >= 4 is 29.1 Å². The number of rotatable bonds is 4. The zero-order valence-electron chi connectivity index (χ0n) is 13.3. The minimum absolute atomic E-state index is 0.0508. The Labute approximate surface area is 150 Å². The van der Waals surface area contributed by atoms with Crippen molar-refractivity contribution in [2.45, 2.75) is 19.9 Å². The Kier molecular flexibility index (Phi) is 5.38. The summed E-state index contributed by atoms with van der Waals surface area (Å²) in [5.74, 6) is 1.29. The smallest absolute Gasteiger partial charge is 0.254 e. The fourth-order valence-corrected chi connectivity index (χ4v) is 3.18. The predicted octanol–water partition coefficient (Wildman–Crippen LogP) is 2.90. The first kappa shape index (κ1) is 17.2. The van der Waals surface area contributed by atoms with Crippen molar-refractivity contribution in [1.82, 2.24) is 19.9 Å². The summed E-state index contributed by atoms with van der Waals surface area (Å²) >= 11 is 11.9. The van der Waals surface area contributed by atoms with Crippen molar-refractivity contribution in [3.63, 3.8) is 0 Å². The predicted molar refractivity (Wildman–Crippen MR) is 91.3 cm³/mol. The van der Waals surface area contributed by atoms with E-state index in [-0.39, 0.29) is 5.91 Å². The molecular weight excluding hydrogens is 351 g/mol. The van der Waals surface area contributed by atoms with Gasteiger partial charge in [-0.25, -0.2) is 0 Å². The van der Waals surface area contributed by atoms with E-state index >= 15 is 0 Å². The molecule has 1 aromatic carbocycles. The molecule has 0 bridgehead atoms. The molecule has 2 heterocycles. The van der Waals surface area contributed by atoms with Crippen LogP contribution in [0.2, 0.25) is 10.0 Å². The molecule has 8 heteroatoms. The van der Waals surface area contributed by atoms with Crippen LogP contribution in [0, 0.1) is 0 Å². The van der Waals surface area contributed by atoms with Crippen LogP contribution in [0.1, 0.15) is 29.0 Å². The molecular formula is C16H18Cl2N4O2. The fourth-order valence-electron chi connectivity index (χ4n) is 2.66. The van der Waals surface area contributed by atoms with Gasteiger partial charge in [0.15, 0.2) is 5.82 Å². The molecule has 24 heavy (non-hydrogen) atoms. The highest BCUT2D eigenvalue weighted by atomic mass is 35.5. The van der Waals surface area contributed by atoms with Crippen molar-refractivity contribution in [3.8, 4) is 0 Å². The molecule has 2 aromatic rings. The number of amides is 1. The third-order valence-electron chi connectivity index (χ3n) is 3.95. The van der Waals surface area contributed by atoms with Crippen LogP contribution in [-0.2, 0) is 13.0 Å². The number of piperazine rings is 1. The highest BCUT2D eigenvalue weighted by molar-refractivity contribution is 6.35. The first-order chi connectivity index (χ1) is 11.5. The van der Waals surface area contributed by atoms with E-state index in [2.05, 4.69) is 15.0 Å². The lowest BCUT2D eigenvalue weighted by molar-refractivity contribution is 0.0615. The van der Waals surface area contributed by atoms with Crippen molar-refractivity contribution in [2.24, 2.45) is 0 Å². The highest BCUT2D eigenvalue weighted by Crippen LogP contribution is 2.21. The van der Waals surface area contributed by atoms with Crippen molar-refractivity contribution in [2.75, 3.05) is 26.2 Å². The second kappa shape index (κ2) is 7.51. The summed E-state index contributed by atoms with van der Waals surface area (Å²) in [6, 6.07) is 4.91. The van der Waals surface area contributed by atoms with Crippen LogP contribution in [0.15, 0.2) is 22.7 Å². The lowest BCUT2D eigenvalue weighted by atomic mass is 10.2. The van der Waals surface area contributed by atoms with Gasteiger partial charge in [0, 0.05) is 48.2 Å². The van der Waals surface area contributed by atoms with Crippen molar-refractivity contribution < 1.29 is 9.32 Å². The second-order valence-electron chi connectivity index (χ2n) is 5.68. The van der Waals surface area contributed by atoms with Gasteiger partial charge in [-0.1, -0.05) is 35.3 Å². The molecule has 1 aliphatic heterocycles. The van der Waals surface area contributed by atoms with E-state index in [1.807, 2.05) is 11.8 Å². The largest absolute Gasteiger partial charge is 0.338 e. The third kappa shape index (κ3) is 4.06. The van der Waals surface area contributed by atoms with Crippen molar-refractivity contribution in [3.05, 3.63) is 45.5 Å². The van der Waals surface area contributed by atoms with Crippen LogP contribution < -0.4 is 0 Å². The van der Waals surface area contributed by atoms with E-state index in [0.717, 1.165) is 25.3 Å². The lowest BCUT2D eigenvalue weighted by Crippen LogP contribution is -2.48. The normalized spacial score (nSPS) is 15.7. The van der Waals surface area contributed by atoms with Crippen LogP contribution in [-0.4, -0.2) is 52.0 Å². The maximum Gasteiger partial charge on any atom is 0.254 e. The van der Waals surface area contributed by atoms with E-state index in [1.165, 1.54) is 0 Å². The van der Waals surface area contributed by atoms with Crippen LogP contribution >= 0.6 is 23.2 Å². The van der Waals surface area contributed by atoms with Gasteiger partial charge in [-0.2, -0.15) is 4.98 Å². The van der Waals surface area contributed by atoms with Crippen LogP contribution in [0.3, 0.4) is 0 Å². The molecule has 1 saturated heterocycles. The van der Waals surface area contributed by atoms with Crippen LogP contribution in [0.4, 0.5) is 0 Å². The first-order valence-corrected chi connectivity index (χ1v) is 8.60. The lowest BCUT2D eigenvalue weighted by Gasteiger charge is -2.34. The Morgan fingerprint density at radius 1 is 1.17 bits per heavy atom. The summed E-state index contributed by atoms with van der Waals surface area (Å²) in [4.78, 5) is 20.9. The summed E-state index contributed by atoms with van der Waals surface area (Å²) < 4.78 is 5.22. The average Bonchev–Trinajstić information content (AvgIpc) is 3.01. The maximum absolute atomic E-state index is 12.6. The van der Waals surface area contributed by atoms with E-state index in [9.17, 15) is 4.79 Å². The highest BCUT2D eigenvalue weighted by Gasteiger charge is 2.23. The Morgan fingerprint density at radius 2 is 1.83 bits per heavy atom. The van der Waals surface area contributed by atoms with Crippen LogP contribution in [0.25, 0.3) is 0 Å². The molecule has 0 unspecified atom stereocenters. The van der Waals surface area contributed by atoms with Crippen LogP contribution in [0.5, 0.6) is 0 Å². The van der Waals surface area contributed by atoms with Gasteiger partial charge < -0.3 is 9.42 Å². The summed E-state index contributed by atoms with van der Waals surface area (Å²) in [5, 5.41) is 4.83. The molecule has 128 valence electrons. The Morgan fingerprint density at radius 3 is 2.42 bits per heavy atom. The van der Waals surface area contributed by atoms with Gasteiger partial charge in [-0.15, -0.1) is 0 Å². The Hall–Kier alpha value is -1.63. The Balaban J connectivity index is 1.57. The summed E-state index contributed by atoms with van der Waals surface area (Å²) in [7, 11) is 0. The van der Waals surface area contributed by atoms with Gasteiger partial charge in [-0.3, -0.25) is 9.69 Å². The number of halogens is 2. The maximum atomic E-state index is 12.6. The minimum atomic E-state index is -0.0508. The molecule has 0 saturated carbocycles. The number of carbonyl (C=O) groups is 1. The quantitative estimate of drug-likeness (QED) is 0.829. The average molecular weight is 369 g/mol. The second-order valence-corrected chi connectivity index (χ2v) is 6.56. The third-order valence-corrected chi connectivity index (χ3v) is 4.39. The molecule has 1 aromatic heterocycles. The molecule has 6 nitrogen and oxygen atoms in total. The fraction of sp³-hybridized carbons (Fsp3) is 0.438. The van der Waals surface area contributed by atoms with Gasteiger partial charge >= 0.3 is 0 Å². The number of aromatic nitrogens is 2. The summed E-state index contributed by atoms with van der Waals surface area (Å²) in [6.07, 6.45) is 0.758. The van der Waals surface area contributed by atoms with Crippen molar-refractivity contribution in [1.29, 1.82) is 0 Å². The number of carbonyl (C=O) groups excluding carboxylic acids is 1. The summed E-state index contributed by atoms with van der Waals surface area (Å²) in [6.45, 7) is 5.38. The number of aryl methyl sites for hydroxylation is 1. The van der Waals surface area contributed by atoms with Gasteiger partial charge in [0.1, 0.15) is 0 Å². The van der Waals surface area contributed by atoms with Gasteiger partial charge in [0.2, 0.25) is 5.89 Å². The van der Waals surface area contributed by atoms with E-state index in [1.54, 1.807) is 18.2 Å². The molecule has 0 radical (unpaired) electrons. The number of nitrogens with zero attached hydrogens (tertiary/aromatic N) is 4. The molecule has 0 atom stereocenters. The van der Waals surface area contributed by atoms with Gasteiger partial charge in [0.25, 0.3) is 5.91 Å². The number of hydrogen-bond donors (Lipinski definition) is 0. The summed E-state index contributed by atoms with van der Waals surface area (Å²) in [5.41, 5.74) is 0.519. The van der Waals surface area contributed by atoms with E-state index < -0.39 is 0 Å². The van der Waals surface area contributed by atoms with Gasteiger partial charge in [0.05, 0.1) is 6.54 Å². The topological polar surface area (TPSA) is 62.5 Å². The molecule has 3 rings (SSSR count). The van der Waals surface area contributed by atoms with E-state index in [0.29, 0.717) is 41.1 Å². The molecule has 0 aliphatic carbocycles. The zero-order valence-corrected chi connectivity index (χ0v) is 14.8. The molecule has 1 aliphatic rings. The molecule has 0 spiro atoms. The standard InChI is InChI=1S/C16H18Cl2N4O2/c1-2-14-19-15(24-20-14)10-21-3-5-22(6-4-21)16(23)11-7-12(17)9-13(18)8-11/h7-9H,2-6,10H2,1H3. The van der Waals surface area contributed by atoms with E-state index in [4.69, 9.17) is 27.7 Å². The van der Waals surface area contributed by atoms with Gasteiger partial charge in [-0.05, 0) is 18.2 Å². The molecule has 1 fully saturated rings. The first-order valence-electron chi connectivity index (χ1n) is 7.84. The Bertz CT molecular complexity index is 706. The molecule has 1 amide bonds. The monoisotopic (exact) mass is 368 g/mol. The number of benzene rings is 1. The SMILES string of the molecule is CCc1noc(CN2CCN(C(=O)c3cc(Cl)cc(Cl)c3)CC2)n1.